The number of aryl methyl sites for hydroxylation is 1. The molecule has 3 N–H and O–H groups in total. The Hall–Kier alpha value is -1.22. The Morgan fingerprint density at radius 1 is 1.24 bits per heavy atom. The van der Waals surface area contributed by atoms with Crippen LogP contribution in [0.2, 0.25) is 0 Å². The van der Waals surface area contributed by atoms with Crippen LogP contribution in [0.5, 0.6) is 5.75 Å². The number of hydrogen-bond acceptors (Lipinski definition) is 3. The van der Waals surface area contributed by atoms with Gasteiger partial charge in [0.2, 0.25) is 0 Å². The molecule has 21 heavy (non-hydrogen) atoms. The van der Waals surface area contributed by atoms with Crippen molar-refractivity contribution in [3.8, 4) is 5.75 Å². The second kappa shape index (κ2) is 8.28. The highest BCUT2D eigenvalue weighted by molar-refractivity contribution is 5.54. The molecule has 3 heteroatoms. The van der Waals surface area contributed by atoms with Gasteiger partial charge in [0.1, 0.15) is 5.75 Å². The van der Waals surface area contributed by atoms with E-state index in [-0.39, 0.29) is 6.10 Å². The third-order valence-corrected chi connectivity index (χ3v) is 4.12. The van der Waals surface area contributed by atoms with Crippen LogP contribution in [0.4, 0.5) is 5.69 Å². The minimum Gasteiger partial charge on any atom is -0.489 e. The van der Waals surface area contributed by atoms with Crippen molar-refractivity contribution < 1.29 is 4.74 Å². The summed E-state index contributed by atoms with van der Waals surface area (Å²) in [5, 5.41) is 3.69. The molecule has 1 aromatic carbocycles. The Morgan fingerprint density at radius 3 is 2.67 bits per heavy atom. The topological polar surface area (TPSA) is 47.3 Å². The molecule has 1 aliphatic rings. The Labute approximate surface area is 129 Å². The summed E-state index contributed by atoms with van der Waals surface area (Å²) < 4.78 is 5.67. The highest BCUT2D eigenvalue weighted by atomic mass is 16.5. The quantitative estimate of drug-likeness (QED) is 0.591. The van der Waals surface area contributed by atoms with Crippen LogP contribution in [0.1, 0.15) is 57.9 Å². The molecule has 0 bridgehead atoms. The number of nitrogens with two attached hydrogens (primary N) is 1. The number of rotatable bonds is 7. The van der Waals surface area contributed by atoms with E-state index in [0.717, 1.165) is 30.4 Å². The zero-order chi connectivity index (χ0) is 15.1. The fourth-order valence-electron chi connectivity index (χ4n) is 3.02. The molecule has 118 valence electrons. The zero-order valence-electron chi connectivity index (χ0n) is 13.5. The zero-order valence-corrected chi connectivity index (χ0v) is 13.5. The van der Waals surface area contributed by atoms with Gasteiger partial charge in [-0.1, -0.05) is 25.3 Å². The number of hydrogen-bond donors (Lipinski definition) is 2. The molecule has 2 rings (SSSR count). The maximum Gasteiger partial charge on any atom is 0.142 e. The lowest BCUT2D eigenvalue weighted by Crippen LogP contribution is -2.31. The molecule has 1 fully saturated rings. The van der Waals surface area contributed by atoms with Gasteiger partial charge in [-0.25, -0.2) is 0 Å². The van der Waals surface area contributed by atoms with E-state index in [4.69, 9.17) is 10.5 Å². The Morgan fingerprint density at radius 2 is 2.00 bits per heavy atom. The summed E-state index contributed by atoms with van der Waals surface area (Å²) in [5.41, 5.74) is 8.10. The standard InChI is InChI=1S/C18H30N2O/c1-14(2)21-18-11-10-15(13-17(18)19)7-6-12-20-16-8-4-3-5-9-16/h10-11,13-14,16,20H,3-9,12,19H2,1-2H3. The van der Waals surface area contributed by atoms with Crippen molar-refractivity contribution in [2.45, 2.75) is 70.9 Å². The second-order valence-corrected chi connectivity index (χ2v) is 6.43. The highest BCUT2D eigenvalue weighted by Crippen LogP contribution is 2.24. The van der Waals surface area contributed by atoms with E-state index in [2.05, 4.69) is 17.4 Å². The van der Waals surface area contributed by atoms with Crippen molar-refractivity contribution in [3.05, 3.63) is 23.8 Å². The van der Waals surface area contributed by atoms with E-state index in [0.29, 0.717) is 0 Å². The fourth-order valence-corrected chi connectivity index (χ4v) is 3.02. The first-order valence-corrected chi connectivity index (χ1v) is 8.43. The molecule has 1 aromatic rings. The number of nitrogen functional groups attached to an aromatic ring is 1. The largest absolute Gasteiger partial charge is 0.489 e. The van der Waals surface area contributed by atoms with Crippen molar-refractivity contribution in [2.24, 2.45) is 0 Å². The summed E-state index contributed by atoms with van der Waals surface area (Å²) in [7, 11) is 0. The molecule has 0 heterocycles. The van der Waals surface area contributed by atoms with Gasteiger partial charge in [-0.3, -0.25) is 0 Å². The van der Waals surface area contributed by atoms with E-state index in [1.807, 2.05) is 19.9 Å². The van der Waals surface area contributed by atoms with Gasteiger partial charge in [-0.15, -0.1) is 0 Å². The van der Waals surface area contributed by atoms with Gasteiger partial charge in [0.05, 0.1) is 11.8 Å². The first kappa shape index (κ1) is 16.2. The SMILES string of the molecule is CC(C)Oc1ccc(CCCNC2CCCCC2)cc1N. The Kier molecular flexibility index (Phi) is 6.37. The third-order valence-electron chi connectivity index (χ3n) is 4.12. The lowest BCUT2D eigenvalue weighted by atomic mass is 9.95. The summed E-state index contributed by atoms with van der Waals surface area (Å²) in [6.07, 6.45) is 9.33. The number of anilines is 1. The molecule has 1 aliphatic carbocycles. The fraction of sp³-hybridized carbons (Fsp3) is 0.667. The molecule has 1 saturated carbocycles. The normalized spacial score (nSPS) is 16.3. The lowest BCUT2D eigenvalue weighted by Gasteiger charge is -2.22. The van der Waals surface area contributed by atoms with Crippen LogP contribution in [0.25, 0.3) is 0 Å². The van der Waals surface area contributed by atoms with E-state index in [1.165, 1.54) is 44.1 Å². The predicted octanol–water partition coefficient (Wildman–Crippen LogP) is 3.91. The molecule has 0 atom stereocenters. The highest BCUT2D eigenvalue weighted by Gasteiger charge is 2.11. The van der Waals surface area contributed by atoms with Crippen LogP contribution in [0, 0.1) is 0 Å². The Balaban J connectivity index is 1.71. The van der Waals surface area contributed by atoms with E-state index >= 15 is 0 Å². The maximum atomic E-state index is 6.05. The van der Waals surface area contributed by atoms with Crippen LogP contribution in [-0.4, -0.2) is 18.7 Å². The predicted molar refractivity (Wildman–Crippen MR) is 89.8 cm³/mol. The van der Waals surface area contributed by atoms with Crippen LogP contribution < -0.4 is 15.8 Å². The summed E-state index contributed by atoms with van der Waals surface area (Å²) in [6.45, 7) is 5.14. The van der Waals surface area contributed by atoms with Crippen molar-refractivity contribution in [1.82, 2.24) is 5.32 Å². The van der Waals surface area contributed by atoms with Crippen molar-refractivity contribution in [3.63, 3.8) is 0 Å². The second-order valence-electron chi connectivity index (χ2n) is 6.43. The molecule has 0 radical (unpaired) electrons. The Bertz CT molecular complexity index is 425. The smallest absolute Gasteiger partial charge is 0.142 e. The molecule has 3 nitrogen and oxygen atoms in total. The number of benzene rings is 1. The average Bonchev–Trinajstić information content (AvgIpc) is 2.47. The van der Waals surface area contributed by atoms with Crippen LogP contribution in [0.15, 0.2) is 18.2 Å². The average molecular weight is 290 g/mol. The third kappa shape index (κ3) is 5.58. The first-order chi connectivity index (χ1) is 10.1. The molecular weight excluding hydrogens is 260 g/mol. The van der Waals surface area contributed by atoms with E-state index < -0.39 is 0 Å². The van der Waals surface area contributed by atoms with Crippen LogP contribution in [-0.2, 0) is 6.42 Å². The van der Waals surface area contributed by atoms with Crippen molar-refractivity contribution in [1.29, 1.82) is 0 Å². The van der Waals surface area contributed by atoms with Gasteiger partial charge in [0.25, 0.3) is 0 Å². The maximum absolute atomic E-state index is 6.05. The van der Waals surface area contributed by atoms with Gasteiger partial charge in [-0.2, -0.15) is 0 Å². The van der Waals surface area contributed by atoms with Gasteiger partial charge >= 0.3 is 0 Å². The molecule has 0 unspecified atom stereocenters. The van der Waals surface area contributed by atoms with Gasteiger partial charge < -0.3 is 15.8 Å². The molecule has 0 aliphatic heterocycles. The van der Waals surface area contributed by atoms with Gasteiger partial charge in [0.15, 0.2) is 0 Å². The minimum absolute atomic E-state index is 0.165. The summed E-state index contributed by atoms with van der Waals surface area (Å²) in [6, 6.07) is 6.94. The molecule has 0 spiro atoms. The first-order valence-electron chi connectivity index (χ1n) is 8.43. The van der Waals surface area contributed by atoms with Gasteiger partial charge in [-0.05, 0) is 63.8 Å². The number of ether oxygens (including phenoxy) is 1. The number of nitrogens with one attached hydrogen (secondary N) is 1. The molecule has 0 saturated heterocycles. The van der Waals surface area contributed by atoms with Crippen molar-refractivity contribution in [2.75, 3.05) is 12.3 Å². The summed E-state index contributed by atoms with van der Waals surface area (Å²) in [5.74, 6) is 0.800. The van der Waals surface area contributed by atoms with Crippen LogP contribution >= 0.6 is 0 Å². The molecular formula is C18H30N2O. The lowest BCUT2D eigenvalue weighted by molar-refractivity contribution is 0.244. The minimum atomic E-state index is 0.165. The van der Waals surface area contributed by atoms with Gasteiger partial charge in [0, 0.05) is 6.04 Å². The molecule has 0 amide bonds. The van der Waals surface area contributed by atoms with Crippen LogP contribution in [0.3, 0.4) is 0 Å². The molecule has 0 aromatic heterocycles. The van der Waals surface area contributed by atoms with E-state index in [1.54, 1.807) is 0 Å². The van der Waals surface area contributed by atoms with E-state index in [9.17, 15) is 0 Å². The monoisotopic (exact) mass is 290 g/mol. The summed E-state index contributed by atoms with van der Waals surface area (Å²) >= 11 is 0. The summed E-state index contributed by atoms with van der Waals surface area (Å²) in [4.78, 5) is 0. The van der Waals surface area contributed by atoms with Crippen molar-refractivity contribution >= 4 is 5.69 Å².